The third-order valence-electron chi connectivity index (χ3n) is 12.2. The molecule has 1 heterocycles. The average molecular weight is 601 g/mol. The molecule has 0 aromatic heterocycles. The first kappa shape index (κ1) is 31.2. The van der Waals surface area contributed by atoms with E-state index in [1.165, 1.54) is 0 Å². The van der Waals surface area contributed by atoms with Crippen molar-refractivity contribution in [3.63, 3.8) is 0 Å². The molecule has 8 atom stereocenters. The van der Waals surface area contributed by atoms with Crippen molar-refractivity contribution in [2.75, 3.05) is 13.2 Å². The molecule has 0 radical (unpaired) electrons. The molecule has 3 saturated carbocycles. The molecule has 4 fully saturated rings. The lowest BCUT2D eigenvalue weighted by atomic mass is 9.47. The average Bonchev–Trinajstić information content (AvgIpc) is 3.26. The third-order valence-corrected chi connectivity index (χ3v) is 12.6. The molecule has 5 aliphatic rings. The quantitative estimate of drug-likeness (QED) is 0.164. The van der Waals surface area contributed by atoms with Gasteiger partial charge in [0.25, 0.3) is 5.92 Å². The Kier molecular flexibility index (Phi) is 8.63. The Bertz CT molecular complexity index is 1030. The SMILES string of the molecule is C[C@H](CC(F)(F)CC(Cl)(C(=O)O)C(=O)O)[C@H]1CC[C@H]2[C@@H]3CC=C4CC(OC5CCOCC5)CC[C@]4(C)[C@H]3CC[C@]12C. The number of allylic oxidation sites excluding steroid dienone is 1. The molecular weight excluding hydrogens is 554 g/mol. The zero-order valence-corrected chi connectivity index (χ0v) is 25.4. The monoisotopic (exact) mass is 600 g/mol. The van der Waals surface area contributed by atoms with Gasteiger partial charge in [0.1, 0.15) is 0 Å². The minimum absolute atomic E-state index is 0.0562. The van der Waals surface area contributed by atoms with Crippen molar-refractivity contribution in [3.8, 4) is 0 Å². The summed E-state index contributed by atoms with van der Waals surface area (Å²) in [6.07, 6.45) is 11.4. The molecule has 0 bridgehead atoms. The third kappa shape index (κ3) is 5.71. The molecule has 5 rings (SSSR count). The summed E-state index contributed by atoms with van der Waals surface area (Å²) in [7, 11) is 0. The fourth-order valence-electron chi connectivity index (χ4n) is 10.1. The Hall–Kier alpha value is -1.25. The number of ether oxygens (including phenoxy) is 2. The second-order valence-electron chi connectivity index (χ2n) is 14.4. The zero-order valence-electron chi connectivity index (χ0n) is 24.7. The van der Waals surface area contributed by atoms with E-state index in [0.29, 0.717) is 23.9 Å². The Morgan fingerprint density at radius 3 is 2.39 bits per heavy atom. The van der Waals surface area contributed by atoms with Crippen LogP contribution in [0.3, 0.4) is 0 Å². The number of carboxylic acids is 2. The summed E-state index contributed by atoms with van der Waals surface area (Å²) < 4.78 is 42.3. The van der Waals surface area contributed by atoms with Crippen molar-refractivity contribution in [2.45, 2.75) is 121 Å². The highest BCUT2D eigenvalue weighted by molar-refractivity contribution is 6.44. The van der Waals surface area contributed by atoms with E-state index in [4.69, 9.17) is 21.1 Å². The molecule has 2 N–H and O–H groups in total. The van der Waals surface area contributed by atoms with Crippen LogP contribution in [-0.2, 0) is 19.1 Å². The number of carboxylic acid groups (broad SMARTS) is 2. The van der Waals surface area contributed by atoms with E-state index in [0.717, 1.165) is 77.4 Å². The van der Waals surface area contributed by atoms with E-state index in [9.17, 15) is 19.8 Å². The Balaban J connectivity index is 1.26. The molecule has 1 saturated heterocycles. The van der Waals surface area contributed by atoms with Crippen LogP contribution in [0.15, 0.2) is 11.6 Å². The summed E-state index contributed by atoms with van der Waals surface area (Å²) in [6, 6.07) is 0. The number of hydrogen-bond acceptors (Lipinski definition) is 4. The van der Waals surface area contributed by atoms with Crippen molar-refractivity contribution in [2.24, 2.45) is 40.4 Å². The second kappa shape index (κ2) is 11.4. The summed E-state index contributed by atoms with van der Waals surface area (Å²) in [5.74, 6) is -6.07. The zero-order chi connectivity index (χ0) is 29.8. The molecule has 9 heteroatoms. The first-order valence-corrected chi connectivity index (χ1v) is 16.0. The van der Waals surface area contributed by atoms with Gasteiger partial charge in [0.2, 0.25) is 4.87 Å². The van der Waals surface area contributed by atoms with E-state index in [-0.39, 0.29) is 28.8 Å². The van der Waals surface area contributed by atoms with Gasteiger partial charge < -0.3 is 19.7 Å². The standard InChI is InChI=1S/C32H47ClF2O6/c1-19(17-31(34,35)18-32(33,27(36)37)28(38)39)24-6-7-25-23-5-4-20-16-22(41-21-10-14-40-15-11-21)8-12-29(20,2)26(23)9-13-30(24,25)3/h4,19,21-26H,5-18H2,1-3H3,(H,36,37)(H,38,39)/t19-,22?,23+,24-,25+,26+,29+,30-/m1/s1. The summed E-state index contributed by atoms with van der Waals surface area (Å²) in [5, 5.41) is 18.5. The van der Waals surface area contributed by atoms with Crippen LogP contribution >= 0.6 is 11.6 Å². The predicted molar refractivity (Wildman–Crippen MR) is 151 cm³/mol. The molecule has 1 unspecified atom stereocenters. The van der Waals surface area contributed by atoms with E-state index in [1.807, 2.05) is 6.92 Å². The van der Waals surface area contributed by atoms with Gasteiger partial charge in [0.05, 0.1) is 18.6 Å². The van der Waals surface area contributed by atoms with Crippen molar-refractivity contribution in [1.82, 2.24) is 0 Å². The maximum absolute atomic E-state index is 15.1. The van der Waals surface area contributed by atoms with Crippen LogP contribution in [0.4, 0.5) is 8.78 Å². The molecule has 4 aliphatic carbocycles. The number of fused-ring (bicyclic) bond motifs is 5. The van der Waals surface area contributed by atoms with Crippen molar-refractivity contribution in [1.29, 1.82) is 0 Å². The minimum atomic E-state index is -3.50. The molecular formula is C32H47ClF2O6. The topological polar surface area (TPSA) is 93.1 Å². The fraction of sp³-hybridized carbons (Fsp3) is 0.875. The fourth-order valence-corrected chi connectivity index (χ4v) is 10.3. The van der Waals surface area contributed by atoms with Gasteiger partial charge in [-0.2, -0.15) is 0 Å². The maximum Gasteiger partial charge on any atom is 0.336 e. The van der Waals surface area contributed by atoms with Gasteiger partial charge in [0.15, 0.2) is 0 Å². The van der Waals surface area contributed by atoms with Crippen LogP contribution < -0.4 is 0 Å². The van der Waals surface area contributed by atoms with Gasteiger partial charge in [0, 0.05) is 19.6 Å². The molecule has 1 aliphatic heterocycles. The Morgan fingerprint density at radius 1 is 1.05 bits per heavy atom. The second-order valence-corrected chi connectivity index (χ2v) is 15.1. The normalized spacial score (nSPS) is 38.8. The van der Waals surface area contributed by atoms with Gasteiger partial charge in [-0.05, 0) is 105 Å². The Morgan fingerprint density at radius 2 is 1.73 bits per heavy atom. The van der Waals surface area contributed by atoms with E-state index < -0.39 is 35.6 Å². The van der Waals surface area contributed by atoms with Gasteiger partial charge >= 0.3 is 11.9 Å². The highest BCUT2D eigenvalue weighted by Gasteiger charge is 2.60. The lowest BCUT2D eigenvalue weighted by molar-refractivity contribution is -0.157. The molecule has 0 aromatic carbocycles. The number of aliphatic carboxylic acids is 2. The summed E-state index contributed by atoms with van der Waals surface area (Å²) in [4.78, 5) is 19.8. The van der Waals surface area contributed by atoms with Crippen molar-refractivity contribution in [3.05, 3.63) is 11.6 Å². The van der Waals surface area contributed by atoms with Crippen molar-refractivity contribution < 1.29 is 38.1 Å². The van der Waals surface area contributed by atoms with Crippen LogP contribution in [0.5, 0.6) is 0 Å². The Labute approximate surface area is 247 Å². The highest BCUT2D eigenvalue weighted by atomic mass is 35.5. The smallest absolute Gasteiger partial charge is 0.336 e. The van der Waals surface area contributed by atoms with Gasteiger partial charge in [-0.25, -0.2) is 18.4 Å². The lowest BCUT2D eigenvalue weighted by Gasteiger charge is -2.58. The number of carbonyl (C=O) groups is 2. The molecule has 0 aromatic rings. The molecule has 6 nitrogen and oxygen atoms in total. The van der Waals surface area contributed by atoms with E-state index in [2.05, 4.69) is 19.9 Å². The predicted octanol–water partition coefficient (Wildman–Crippen LogP) is 7.33. The van der Waals surface area contributed by atoms with Gasteiger partial charge in [-0.3, -0.25) is 0 Å². The molecule has 232 valence electrons. The van der Waals surface area contributed by atoms with Crippen LogP contribution in [0.25, 0.3) is 0 Å². The highest BCUT2D eigenvalue weighted by Crippen LogP contribution is 2.67. The van der Waals surface area contributed by atoms with Crippen LogP contribution in [0.1, 0.15) is 97.8 Å². The number of hydrogen-bond donors (Lipinski definition) is 2. The number of halogens is 3. The summed E-state index contributed by atoms with van der Waals surface area (Å²) in [5.41, 5.74) is 1.68. The van der Waals surface area contributed by atoms with Crippen molar-refractivity contribution >= 4 is 23.5 Å². The number of rotatable bonds is 9. The van der Waals surface area contributed by atoms with Gasteiger partial charge in [-0.1, -0.05) is 44.0 Å². The molecule has 0 amide bonds. The first-order chi connectivity index (χ1) is 19.2. The van der Waals surface area contributed by atoms with Crippen LogP contribution in [-0.4, -0.2) is 58.4 Å². The summed E-state index contributed by atoms with van der Waals surface area (Å²) >= 11 is 5.68. The molecule has 41 heavy (non-hydrogen) atoms. The lowest BCUT2D eigenvalue weighted by Crippen LogP contribution is -2.51. The summed E-state index contributed by atoms with van der Waals surface area (Å²) in [6.45, 7) is 8.16. The van der Waals surface area contributed by atoms with E-state index >= 15 is 8.78 Å². The molecule has 0 spiro atoms. The van der Waals surface area contributed by atoms with E-state index in [1.54, 1.807) is 5.57 Å². The van der Waals surface area contributed by atoms with Gasteiger partial charge in [-0.15, -0.1) is 0 Å². The maximum atomic E-state index is 15.1. The van der Waals surface area contributed by atoms with Crippen LogP contribution in [0, 0.1) is 40.4 Å². The largest absolute Gasteiger partial charge is 0.479 e. The van der Waals surface area contributed by atoms with Crippen LogP contribution in [0.2, 0.25) is 0 Å². The minimum Gasteiger partial charge on any atom is -0.479 e. The number of alkyl halides is 3. The first-order valence-electron chi connectivity index (χ1n) is 15.7.